The normalized spacial score (nSPS) is 16.4. The number of carbonyl (C=O) groups is 1. The molecule has 1 atom stereocenters. The highest BCUT2D eigenvalue weighted by molar-refractivity contribution is 9.10. The Labute approximate surface area is 164 Å². The Kier molecular flexibility index (Phi) is 4.38. The van der Waals surface area contributed by atoms with Crippen molar-refractivity contribution in [1.29, 1.82) is 0 Å². The fourth-order valence-electron chi connectivity index (χ4n) is 3.54. The maximum absolute atomic E-state index is 14.9. The number of nitrogens with one attached hydrogen (secondary N) is 1. The van der Waals surface area contributed by atoms with Gasteiger partial charge in [-0.1, -0.05) is 35.8 Å². The minimum absolute atomic E-state index is 0.251. The van der Waals surface area contributed by atoms with Crippen LogP contribution in [0.1, 0.15) is 47.2 Å². The Morgan fingerprint density at radius 3 is 2.74 bits per heavy atom. The second-order valence-electron chi connectivity index (χ2n) is 7.15. The van der Waals surface area contributed by atoms with E-state index in [0.717, 1.165) is 11.3 Å². The first-order chi connectivity index (χ1) is 12.9. The van der Waals surface area contributed by atoms with Crippen molar-refractivity contribution in [1.82, 2.24) is 20.0 Å². The number of carbonyl (C=O) groups excluding carboxylic acids is 1. The molecule has 6 nitrogen and oxygen atoms in total. The Balaban J connectivity index is 1.92. The average molecular weight is 432 g/mol. The fraction of sp³-hybridized carbons (Fsp3) is 0.316. The minimum atomic E-state index is -0.608. The van der Waals surface area contributed by atoms with Crippen LogP contribution in [0.4, 0.5) is 10.2 Å². The third-order valence-electron chi connectivity index (χ3n) is 4.65. The number of rotatable bonds is 4. The zero-order valence-corrected chi connectivity index (χ0v) is 16.8. The number of benzene rings is 1. The lowest BCUT2D eigenvalue weighted by molar-refractivity contribution is 0.0987. The molecule has 1 N–H and O–H groups in total. The zero-order chi connectivity index (χ0) is 19.3. The molecule has 2 aromatic heterocycles. The van der Waals surface area contributed by atoms with Crippen LogP contribution in [0, 0.1) is 11.7 Å². The monoisotopic (exact) mass is 431 g/mol. The number of hydrogen-bond donors (Lipinski definition) is 1. The fourth-order valence-corrected chi connectivity index (χ4v) is 3.87. The molecule has 8 heteroatoms. The summed E-state index contributed by atoms with van der Waals surface area (Å²) < 4.78 is 17.2. The molecule has 0 fully saturated rings. The third kappa shape index (κ3) is 2.97. The van der Waals surface area contributed by atoms with Crippen molar-refractivity contribution in [2.24, 2.45) is 13.0 Å². The lowest BCUT2D eigenvalue weighted by atomic mass is 9.95. The summed E-state index contributed by atoms with van der Waals surface area (Å²) >= 11 is 3.30. The van der Waals surface area contributed by atoms with Crippen molar-refractivity contribution < 1.29 is 9.18 Å². The van der Waals surface area contributed by atoms with Gasteiger partial charge >= 0.3 is 0 Å². The van der Waals surface area contributed by atoms with E-state index in [1.807, 2.05) is 0 Å². The maximum atomic E-state index is 14.9. The summed E-state index contributed by atoms with van der Waals surface area (Å²) in [5, 5.41) is 11.6. The van der Waals surface area contributed by atoms with Gasteiger partial charge in [0.2, 0.25) is 0 Å². The summed E-state index contributed by atoms with van der Waals surface area (Å²) in [5.74, 6) is 0.202. The van der Waals surface area contributed by atoms with Crippen LogP contribution in [0.15, 0.2) is 34.9 Å². The summed E-state index contributed by atoms with van der Waals surface area (Å²) in [5.41, 5.74) is 2.35. The Morgan fingerprint density at radius 2 is 2.11 bits per heavy atom. The van der Waals surface area contributed by atoms with Crippen LogP contribution in [-0.4, -0.2) is 25.9 Å². The molecule has 0 saturated carbocycles. The number of aromatic amines is 1. The zero-order valence-electron chi connectivity index (χ0n) is 15.2. The van der Waals surface area contributed by atoms with Crippen LogP contribution in [0.3, 0.4) is 0 Å². The highest BCUT2D eigenvalue weighted by Crippen LogP contribution is 2.43. The number of hydrogen-bond acceptors (Lipinski definition) is 3. The molecule has 0 saturated heterocycles. The first kappa shape index (κ1) is 17.9. The number of aromatic nitrogens is 4. The van der Waals surface area contributed by atoms with Crippen molar-refractivity contribution in [2.75, 3.05) is 4.90 Å². The van der Waals surface area contributed by atoms with E-state index < -0.39 is 6.04 Å². The molecule has 4 rings (SSSR count). The van der Waals surface area contributed by atoms with Crippen molar-refractivity contribution in [3.63, 3.8) is 0 Å². The molecule has 1 aliphatic heterocycles. The minimum Gasteiger partial charge on any atom is -0.278 e. The molecular formula is C19H19BrFN5O. The lowest BCUT2D eigenvalue weighted by Gasteiger charge is -2.25. The molecule has 0 spiro atoms. The molecule has 1 unspecified atom stereocenters. The van der Waals surface area contributed by atoms with E-state index in [9.17, 15) is 9.18 Å². The van der Waals surface area contributed by atoms with Crippen LogP contribution < -0.4 is 4.90 Å². The van der Waals surface area contributed by atoms with Crippen molar-refractivity contribution >= 4 is 27.7 Å². The summed E-state index contributed by atoms with van der Waals surface area (Å²) in [7, 11) is 1.78. The quantitative estimate of drug-likeness (QED) is 0.678. The van der Waals surface area contributed by atoms with Gasteiger partial charge < -0.3 is 0 Å². The van der Waals surface area contributed by atoms with E-state index in [4.69, 9.17) is 0 Å². The Bertz CT molecular complexity index is 1030. The van der Waals surface area contributed by atoms with E-state index in [2.05, 4.69) is 45.1 Å². The number of nitrogens with zero attached hydrogens (tertiary/aromatic N) is 4. The molecule has 0 aliphatic carbocycles. The van der Waals surface area contributed by atoms with E-state index in [0.29, 0.717) is 33.9 Å². The SMILES string of the molecule is CC(C)Cc1n[nH]c2c1C(c1ccc(Br)cc1F)N(c1ccn(C)n1)C2=O. The maximum Gasteiger partial charge on any atom is 0.278 e. The van der Waals surface area contributed by atoms with Gasteiger partial charge in [-0.25, -0.2) is 4.39 Å². The van der Waals surface area contributed by atoms with Gasteiger partial charge in [-0.2, -0.15) is 10.2 Å². The van der Waals surface area contributed by atoms with Gasteiger partial charge in [-0.3, -0.25) is 19.5 Å². The number of aryl methyl sites for hydroxylation is 1. The van der Waals surface area contributed by atoms with Gasteiger partial charge in [0.1, 0.15) is 11.5 Å². The summed E-state index contributed by atoms with van der Waals surface area (Å²) in [6.45, 7) is 4.17. The smallest absolute Gasteiger partial charge is 0.278 e. The first-order valence-corrected chi connectivity index (χ1v) is 9.51. The van der Waals surface area contributed by atoms with E-state index in [-0.39, 0.29) is 11.7 Å². The topological polar surface area (TPSA) is 66.8 Å². The van der Waals surface area contributed by atoms with Crippen molar-refractivity contribution in [2.45, 2.75) is 26.3 Å². The largest absolute Gasteiger partial charge is 0.278 e. The second kappa shape index (κ2) is 6.60. The van der Waals surface area contributed by atoms with Gasteiger partial charge in [0.15, 0.2) is 5.82 Å². The van der Waals surface area contributed by atoms with Gasteiger partial charge in [0, 0.05) is 34.9 Å². The number of fused-ring (bicyclic) bond motifs is 1. The average Bonchev–Trinajstić information content (AvgIpc) is 3.25. The van der Waals surface area contributed by atoms with Crippen LogP contribution in [0.25, 0.3) is 0 Å². The summed E-state index contributed by atoms with van der Waals surface area (Å²) in [6.07, 6.45) is 2.46. The lowest BCUT2D eigenvalue weighted by Crippen LogP contribution is -2.30. The molecule has 1 amide bonds. The van der Waals surface area contributed by atoms with Crippen LogP contribution >= 0.6 is 15.9 Å². The number of halogens is 2. The molecular weight excluding hydrogens is 413 g/mol. The van der Waals surface area contributed by atoms with Gasteiger partial charge in [-0.15, -0.1) is 0 Å². The molecule has 27 heavy (non-hydrogen) atoms. The molecule has 1 aliphatic rings. The van der Waals surface area contributed by atoms with E-state index in [1.54, 1.807) is 41.0 Å². The molecule has 140 valence electrons. The standard InChI is InChI=1S/C19H19BrFN5O/c1-10(2)8-14-16-17(23-22-14)19(27)26(15-6-7-25(3)24-15)18(16)12-5-4-11(20)9-13(12)21/h4-7,9-10,18H,8H2,1-3H3,(H,22,23). The number of amides is 1. The highest BCUT2D eigenvalue weighted by Gasteiger charge is 2.44. The van der Waals surface area contributed by atoms with Crippen LogP contribution in [0.2, 0.25) is 0 Å². The predicted molar refractivity (Wildman–Crippen MR) is 103 cm³/mol. The highest BCUT2D eigenvalue weighted by atomic mass is 79.9. The van der Waals surface area contributed by atoms with E-state index in [1.165, 1.54) is 6.07 Å². The summed E-state index contributed by atoms with van der Waals surface area (Å²) in [4.78, 5) is 14.7. The molecule has 3 aromatic rings. The van der Waals surface area contributed by atoms with E-state index >= 15 is 0 Å². The summed E-state index contributed by atoms with van der Waals surface area (Å²) in [6, 6.07) is 6.04. The Hall–Kier alpha value is -2.48. The van der Waals surface area contributed by atoms with Crippen LogP contribution in [0.5, 0.6) is 0 Å². The van der Waals surface area contributed by atoms with Gasteiger partial charge in [0.25, 0.3) is 5.91 Å². The van der Waals surface area contributed by atoms with Crippen LogP contribution in [-0.2, 0) is 13.5 Å². The first-order valence-electron chi connectivity index (χ1n) is 8.72. The third-order valence-corrected chi connectivity index (χ3v) is 5.15. The number of anilines is 1. The van der Waals surface area contributed by atoms with Gasteiger partial charge in [0.05, 0.1) is 11.7 Å². The molecule has 0 radical (unpaired) electrons. The number of H-pyrrole nitrogens is 1. The predicted octanol–water partition coefficient (Wildman–Crippen LogP) is 3.99. The molecule has 0 bridgehead atoms. The molecule has 1 aromatic carbocycles. The van der Waals surface area contributed by atoms with Crippen molar-refractivity contribution in [3.05, 3.63) is 63.3 Å². The molecule has 3 heterocycles. The van der Waals surface area contributed by atoms with Gasteiger partial charge in [-0.05, 0) is 24.5 Å². The second-order valence-corrected chi connectivity index (χ2v) is 8.06. The Morgan fingerprint density at radius 1 is 1.33 bits per heavy atom. The van der Waals surface area contributed by atoms with Crippen molar-refractivity contribution in [3.8, 4) is 0 Å².